The number of aliphatic carboxylic acids is 1. The topological polar surface area (TPSA) is 118 Å². The van der Waals surface area contributed by atoms with Crippen LogP contribution in [0.15, 0.2) is 12.1 Å². The number of nitrogens with one attached hydrogen (secondary N) is 1. The first-order valence-corrected chi connectivity index (χ1v) is 12.0. The highest BCUT2D eigenvalue weighted by Gasteiger charge is 2.40. The van der Waals surface area contributed by atoms with Crippen molar-refractivity contribution in [3.8, 4) is 11.5 Å². The molecule has 2 aliphatic heterocycles. The number of nitrogens with zero attached hydrogens (tertiary/aromatic N) is 1. The van der Waals surface area contributed by atoms with E-state index in [9.17, 15) is 14.7 Å². The van der Waals surface area contributed by atoms with Gasteiger partial charge in [-0.25, -0.2) is 9.59 Å². The molecule has 9 heteroatoms. The average Bonchev–Trinajstić information content (AvgIpc) is 2.80. The summed E-state index contributed by atoms with van der Waals surface area (Å²) in [7, 11) is 3.28. The van der Waals surface area contributed by atoms with Crippen molar-refractivity contribution in [2.75, 3.05) is 33.9 Å². The van der Waals surface area contributed by atoms with Gasteiger partial charge in [-0.15, -0.1) is 0 Å². The molecule has 2 heterocycles. The molecule has 190 valence electrons. The Labute approximate surface area is 201 Å². The standard InChI is InChI=1S/C25H38N2O7/c1-14(2)8-17-12-27-7-6-16-10-21(32-4)22(33-5)11-19(16)20(27)9-18(17)13-34-25(31)26-15(3)23(28)24(29)30/h10-11,14-15,17-18,20,23,28H,6-9,12-13H2,1-5H3,(H,26,31)(H,29,30)/t15?,17-,18+,20-,23?/m1/s1. The zero-order valence-electron chi connectivity index (χ0n) is 20.7. The Balaban J connectivity index is 1.74. The maximum Gasteiger partial charge on any atom is 0.407 e. The van der Waals surface area contributed by atoms with Crippen molar-refractivity contribution in [3.63, 3.8) is 0 Å². The molecule has 1 fully saturated rings. The molecule has 1 aromatic rings. The molecule has 0 aliphatic carbocycles. The first kappa shape index (κ1) is 26.1. The van der Waals surface area contributed by atoms with E-state index >= 15 is 0 Å². The van der Waals surface area contributed by atoms with E-state index in [1.165, 1.54) is 18.1 Å². The quantitative estimate of drug-likeness (QED) is 0.496. The summed E-state index contributed by atoms with van der Waals surface area (Å²) in [6, 6.07) is 3.40. The van der Waals surface area contributed by atoms with Gasteiger partial charge in [0.15, 0.2) is 17.6 Å². The number of piperidine rings is 1. The number of methoxy groups -OCH3 is 2. The second-order valence-corrected chi connectivity index (χ2v) is 9.87. The fraction of sp³-hybridized carbons (Fsp3) is 0.680. The summed E-state index contributed by atoms with van der Waals surface area (Å²) in [5.74, 6) is 1.12. The molecule has 1 aromatic carbocycles. The molecule has 1 amide bonds. The minimum Gasteiger partial charge on any atom is -0.493 e. The van der Waals surface area contributed by atoms with Crippen molar-refractivity contribution in [2.45, 2.75) is 58.2 Å². The van der Waals surface area contributed by atoms with Crippen molar-refractivity contribution in [3.05, 3.63) is 23.3 Å². The number of carboxylic acid groups (broad SMARTS) is 1. The van der Waals surface area contributed by atoms with E-state index in [4.69, 9.17) is 19.3 Å². The molecular formula is C25H38N2O7. The summed E-state index contributed by atoms with van der Waals surface area (Å²) < 4.78 is 16.6. The molecule has 2 aliphatic rings. The second-order valence-electron chi connectivity index (χ2n) is 9.87. The molecule has 0 radical (unpaired) electrons. The fourth-order valence-corrected chi connectivity index (χ4v) is 5.28. The van der Waals surface area contributed by atoms with Crippen LogP contribution in [0.3, 0.4) is 0 Å². The van der Waals surface area contributed by atoms with Crippen molar-refractivity contribution in [1.82, 2.24) is 10.2 Å². The summed E-state index contributed by atoms with van der Waals surface area (Å²) in [4.78, 5) is 25.8. The van der Waals surface area contributed by atoms with Gasteiger partial charge >= 0.3 is 12.1 Å². The average molecular weight is 479 g/mol. The Morgan fingerprint density at radius 3 is 2.44 bits per heavy atom. The molecular weight excluding hydrogens is 440 g/mol. The van der Waals surface area contributed by atoms with Crippen LogP contribution < -0.4 is 14.8 Å². The van der Waals surface area contributed by atoms with Crippen molar-refractivity contribution < 1.29 is 34.0 Å². The maximum atomic E-state index is 12.3. The molecule has 0 aromatic heterocycles. The summed E-state index contributed by atoms with van der Waals surface area (Å²) in [5, 5.41) is 20.9. The van der Waals surface area contributed by atoms with Crippen molar-refractivity contribution in [1.29, 1.82) is 0 Å². The minimum atomic E-state index is -1.69. The van der Waals surface area contributed by atoms with Gasteiger partial charge < -0.3 is 29.7 Å². The highest BCUT2D eigenvalue weighted by molar-refractivity contribution is 5.75. The number of ether oxygens (including phenoxy) is 3. The number of alkyl carbamates (subject to hydrolysis) is 1. The van der Waals surface area contributed by atoms with Gasteiger partial charge in [-0.2, -0.15) is 0 Å². The zero-order valence-corrected chi connectivity index (χ0v) is 20.7. The van der Waals surface area contributed by atoms with E-state index in [2.05, 4.69) is 36.2 Å². The van der Waals surface area contributed by atoms with Gasteiger partial charge in [-0.1, -0.05) is 13.8 Å². The first-order valence-electron chi connectivity index (χ1n) is 12.0. The van der Waals surface area contributed by atoms with Crippen LogP contribution in [0.4, 0.5) is 4.79 Å². The summed E-state index contributed by atoms with van der Waals surface area (Å²) in [5.41, 5.74) is 2.50. The smallest absolute Gasteiger partial charge is 0.407 e. The number of aliphatic hydroxyl groups excluding tert-OH is 1. The third kappa shape index (κ3) is 5.93. The number of carboxylic acids is 1. The lowest BCUT2D eigenvalue weighted by molar-refractivity contribution is -0.147. The van der Waals surface area contributed by atoms with Crippen LogP contribution in [0, 0.1) is 17.8 Å². The number of rotatable bonds is 9. The van der Waals surface area contributed by atoms with E-state index < -0.39 is 24.2 Å². The largest absolute Gasteiger partial charge is 0.493 e. The minimum absolute atomic E-state index is 0.160. The van der Waals surface area contributed by atoms with Crippen molar-refractivity contribution in [2.24, 2.45) is 17.8 Å². The van der Waals surface area contributed by atoms with Crippen LogP contribution in [-0.2, 0) is 16.0 Å². The molecule has 9 nitrogen and oxygen atoms in total. The summed E-state index contributed by atoms with van der Waals surface area (Å²) in [6.45, 7) is 7.98. The van der Waals surface area contributed by atoms with E-state index in [1.54, 1.807) is 14.2 Å². The van der Waals surface area contributed by atoms with Gasteiger partial charge in [-0.3, -0.25) is 4.90 Å². The van der Waals surface area contributed by atoms with Gasteiger partial charge in [0.1, 0.15) is 0 Å². The van der Waals surface area contributed by atoms with Crippen LogP contribution >= 0.6 is 0 Å². The number of fused-ring (bicyclic) bond motifs is 3. The Kier molecular flexibility index (Phi) is 8.65. The third-order valence-electron chi connectivity index (χ3n) is 7.05. The van der Waals surface area contributed by atoms with Gasteiger partial charge in [0.2, 0.25) is 0 Å². The zero-order chi connectivity index (χ0) is 25.0. The molecule has 0 saturated carbocycles. The van der Waals surface area contributed by atoms with E-state index in [1.807, 2.05) is 0 Å². The lowest BCUT2D eigenvalue weighted by atomic mass is 9.74. The highest BCUT2D eigenvalue weighted by atomic mass is 16.5. The van der Waals surface area contributed by atoms with Crippen LogP contribution in [0.25, 0.3) is 0 Å². The summed E-state index contributed by atoms with van der Waals surface area (Å²) in [6.07, 6.45) is 0.435. The predicted molar refractivity (Wildman–Crippen MR) is 126 cm³/mol. The number of hydrogen-bond acceptors (Lipinski definition) is 7. The second kappa shape index (κ2) is 11.3. The number of amides is 1. The maximum absolute atomic E-state index is 12.3. The normalized spacial score (nSPS) is 23.9. The molecule has 2 unspecified atom stereocenters. The highest BCUT2D eigenvalue weighted by Crippen LogP contribution is 2.45. The summed E-state index contributed by atoms with van der Waals surface area (Å²) >= 11 is 0. The molecule has 0 bridgehead atoms. The van der Waals surface area contributed by atoms with Gasteiger partial charge in [-0.05, 0) is 67.2 Å². The van der Waals surface area contributed by atoms with Crippen LogP contribution in [-0.4, -0.2) is 73.2 Å². The molecule has 5 atom stereocenters. The number of carbonyl (C=O) groups excluding carboxylic acids is 1. The van der Waals surface area contributed by atoms with E-state index in [0.29, 0.717) is 17.6 Å². The third-order valence-corrected chi connectivity index (χ3v) is 7.05. The van der Waals surface area contributed by atoms with Crippen LogP contribution in [0.1, 0.15) is 50.8 Å². The fourth-order valence-electron chi connectivity index (χ4n) is 5.28. The Hall–Kier alpha value is -2.52. The Morgan fingerprint density at radius 1 is 1.15 bits per heavy atom. The van der Waals surface area contributed by atoms with Crippen molar-refractivity contribution >= 4 is 12.1 Å². The molecule has 3 rings (SSSR count). The first-order chi connectivity index (χ1) is 16.1. The number of hydrogen-bond donors (Lipinski definition) is 3. The number of aliphatic hydroxyl groups is 1. The lowest BCUT2D eigenvalue weighted by Gasteiger charge is -2.47. The van der Waals surface area contributed by atoms with Gasteiger partial charge in [0.25, 0.3) is 0 Å². The van der Waals surface area contributed by atoms with E-state index in [-0.39, 0.29) is 18.6 Å². The van der Waals surface area contributed by atoms with Crippen LogP contribution in [0.2, 0.25) is 0 Å². The lowest BCUT2D eigenvalue weighted by Crippen LogP contribution is -2.48. The SMILES string of the molecule is COc1cc2c(cc1OC)[C@H]1C[C@@H](COC(=O)NC(C)C(O)C(=O)O)[C@H](CC(C)C)CN1CC2. The Bertz CT molecular complexity index is 875. The van der Waals surface area contributed by atoms with Crippen LogP contribution in [0.5, 0.6) is 11.5 Å². The van der Waals surface area contributed by atoms with Gasteiger partial charge in [0.05, 0.1) is 26.9 Å². The molecule has 34 heavy (non-hydrogen) atoms. The molecule has 1 saturated heterocycles. The van der Waals surface area contributed by atoms with E-state index in [0.717, 1.165) is 38.1 Å². The Morgan fingerprint density at radius 2 is 1.82 bits per heavy atom. The predicted octanol–water partition coefficient (Wildman–Crippen LogP) is 2.85. The monoisotopic (exact) mass is 478 g/mol. The molecule has 3 N–H and O–H groups in total. The number of benzene rings is 1. The molecule has 0 spiro atoms. The van der Waals surface area contributed by atoms with Gasteiger partial charge in [0, 0.05) is 19.1 Å². The number of carbonyl (C=O) groups is 2.